The summed E-state index contributed by atoms with van der Waals surface area (Å²) in [6.45, 7) is 10.6. The number of ether oxygens (including phenoxy) is 3. The summed E-state index contributed by atoms with van der Waals surface area (Å²) in [5.74, 6) is -6.79. The highest BCUT2D eigenvalue weighted by molar-refractivity contribution is 6.05. The number of unbranched alkanes of at least 4 members (excludes halogenated alkanes) is 3. The fraction of sp³-hybridized carbons (Fsp3) is 0.656. The number of hydrogen-bond acceptors (Lipinski definition) is 11. The number of aliphatic hydroxyl groups excluding tert-OH is 2. The van der Waals surface area contributed by atoms with E-state index >= 15 is 0 Å². The molecule has 3 fully saturated rings. The topological polar surface area (TPSA) is 183 Å². The Morgan fingerprint density at radius 3 is 2.37 bits per heavy atom. The number of esters is 2. The maximum Gasteiger partial charge on any atom is 0.331 e. The van der Waals surface area contributed by atoms with Gasteiger partial charge in [0, 0.05) is 24.8 Å². The molecule has 11 heteroatoms. The Morgan fingerprint density at radius 1 is 1.12 bits per heavy atom. The molecule has 1 aliphatic heterocycles. The van der Waals surface area contributed by atoms with Gasteiger partial charge in [-0.1, -0.05) is 57.6 Å². The lowest BCUT2D eigenvalue weighted by molar-refractivity contribution is -0.287. The van der Waals surface area contributed by atoms with Crippen LogP contribution in [0.25, 0.3) is 0 Å². The Kier molecular flexibility index (Phi) is 9.03. The molecular formula is C32H44O11. The summed E-state index contributed by atoms with van der Waals surface area (Å²) >= 11 is 0. The number of carbonyl (C=O) groups excluding carboxylic acids is 3. The van der Waals surface area contributed by atoms with Gasteiger partial charge in [-0.2, -0.15) is 0 Å². The molecule has 0 radical (unpaired) electrons. The molecule has 43 heavy (non-hydrogen) atoms. The van der Waals surface area contributed by atoms with Crippen LogP contribution in [0.4, 0.5) is 0 Å². The SMILES string of the molecule is C=C(C)[C@@]1(O)[C@@H](OC(=O)/C=C/C=C/CCCCC)[C@H]2[C@H]3O[C@]3(CO)[C@H](O)[C@@]3(O)C(=O)C(C)=C[C@@H]3[C@@]2(O)[C@@H](C)[C@@H]1OC(C)=O. The second-order valence-electron chi connectivity index (χ2n) is 12.5. The van der Waals surface area contributed by atoms with Crippen LogP contribution in [-0.2, 0) is 28.6 Å². The van der Waals surface area contributed by atoms with Crippen LogP contribution in [0.2, 0.25) is 0 Å². The van der Waals surface area contributed by atoms with Gasteiger partial charge in [-0.3, -0.25) is 9.59 Å². The molecule has 0 aromatic heterocycles. The quantitative estimate of drug-likeness (QED) is 0.0603. The van der Waals surface area contributed by atoms with Crippen LogP contribution in [0.1, 0.15) is 60.3 Å². The number of allylic oxidation sites excluding steroid dienone is 3. The average molecular weight is 605 g/mol. The van der Waals surface area contributed by atoms with Crippen molar-refractivity contribution in [3.05, 3.63) is 48.1 Å². The van der Waals surface area contributed by atoms with E-state index in [9.17, 15) is 39.9 Å². The Labute approximate surface area is 251 Å². The van der Waals surface area contributed by atoms with Crippen molar-refractivity contribution in [1.29, 1.82) is 0 Å². The van der Waals surface area contributed by atoms with E-state index in [1.54, 1.807) is 6.08 Å². The number of carbonyl (C=O) groups is 3. The molecule has 11 atom stereocenters. The van der Waals surface area contributed by atoms with Crippen LogP contribution < -0.4 is 0 Å². The third kappa shape index (κ3) is 4.85. The fourth-order valence-electron chi connectivity index (χ4n) is 7.58. The lowest BCUT2D eigenvalue weighted by atomic mass is 9.53. The molecule has 0 amide bonds. The van der Waals surface area contributed by atoms with Crippen molar-refractivity contribution in [2.75, 3.05) is 6.61 Å². The second-order valence-corrected chi connectivity index (χ2v) is 12.5. The molecular weight excluding hydrogens is 560 g/mol. The van der Waals surface area contributed by atoms with Crippen molar-refractivity contribution in [3.8, 4) is 0 Å². The molecule has 0 aromatic carbocycles. The number of ketones is 1. The predicted octanol–water partition coefficient (Wildman–Crippen LogP) is 1.21. The highest BCUT2D eigenvalue weighted by Gasteiger charge is 2.85. The standard InChI is InChI=1S/C32H44O11/c1-7-8-9-10-11-12-13-14-22(35)42-27-23-26-29(16-33,43-26)28(37)32(40)21(15-18(4)24(32)36)31(23,39)19(5)25(41-20(6)34)30(27,38)17(2)3/h11-15,19,21,23,25-28,33,37-40H,2,7-10,16H2,1,3-6H3/b12-11+,14-13+/t19-,21+,23+,25-,26+,27-,28-,29-,30-,31-,32-/m0/s1. The highest BCUT2D eigenvalue weighted by atomic mass is 16.6. The van der Waals surface area contributed by atoms with Crippen LogP contribution in [0.3, 0.4) is 0 Å². The smallest absolute Gasteiger partial charge is 0.331 e. The molecule has 4 rings (SSSR count). The summed E-state index contributed by atoms with van der Waals surface area (Å²) in [5.41, 5.74) is -9.06. The summed E-state index contributed by atoms with van der Waals surface area (Å²) in [6.07, 6.45) is 4.89. The van der Waals surface area contributed by atoms with Crippen LogP contribution in [0, 0.1) is 17.8 Å². The molecule has 1 saturated heterocycles. The Hall–Kier alpha value is -2.67. The van der Waals surface area contributed by atoms with Gasteiger partial charge in [0.1, 0.15) is 30.0 Å². The number of fused-ring (bicyclic) bond motifs is 5. The molecule has 5 N–H and O–H groups in total. The molecule has 4 aliphatic rings. The van der Waals surface area contributed by atoms with E-state index in [1.807, 2.05) is 6.08 Å². The van der Waals surface area contributed by atoms with Crippen molar-refractivity contribution < 1.29 is 54.1 Å². The molecule has 11 nitrogen and oxygen atoms in total. The van der Waals surface area contributed by atoms with Gasteiger partial charge in [0.15, 0.2) is 17.0 Å². The molecule has 3 aliphatic carbocycles. The minimum absolute atomic E-state index is 0.0368. The van der Waals surface area contributed by atoms with E-state index in [0.717, 1.165) is 38.7 Å². The summed E-state index contributed by atoms with van der Waals surface area (Å²) in [7, 11) is 0. The fourth-order valence-corrected chi connectivity index (χ4v) is 7.58. The zero-order valence-electron chi connectivity index (χ0n) is 25.4. The highest BCUT2D eigenvalue weighted by Crippen LogP contribution is 2.66. The van der Waals surface area contributed by atoms with E-state index in [-0.39, 0.29) is 11.1 Å². The van der Waals surface area contributed by atoms with E-state index in [0.29, 0.717) is 0 Å². The first-order valence-corrected chi connectivity index (χ1v) is 14.8. The van der Waals surface area contributed by atoms with Crippen molar-refractivity contribution in [2.24, 2.45) is 17.8 Å². The summed E-state index contributed by atoms with van der Waals surface area (Å²) in [5, 5.41) is 58.8. The van der Waals surface area contributed by atoms with Gasteiger partial charge in [0.25, 0.3) is 0 Å². The van der Waals surface area contributed by atoms with Gasteiger partial charge in [-0.15, -0.1) is 0 Å². The molecule has 0 aromatic rings. The van der Waals surface area contributed by atoms with E-state index in [1.165, 1.54) is 32.9 Å². The monoisotopic (exact) mass is 604 g/mol. The molecule has 0 spiro atoms. The van der Waals surface area contributed by atoms with Gasteiger partial charge in [0.2, 0.25) is 0 Å². The van der Waals surface area contributed by atoms with Crippen molar-refractivity contribution in [3.63, 3.8) is 0 Å². The van der Waals surface area contributed by atoms with E-state index < -0.39 is 88.9 Å². The molecule has 238 valence electrons. The lowest BCUT2D eigenvalue weighted by Crippen LogP contribution is -2.76. The van der Waals surface area contributed by atoms with Gasteiger partial charge < -0.3 is 39.7 Å². The third-order valence-corrected chi connectivity index (χ3v) is 9.92. The van der Waals surface area contributed by atoms with Crippen LogP contribution >= 0.6 is 0 Å². The number of epoxide rings is 1. The summed E-state index contributed by atoms with van der Waals surface area (Å²) in [6, 6.07) is 0. The van der Waals surface area contributed by atoms with Crippen molar-refractivity contribution in [2.45, 2.75) is 107 Å². The Bertz CT molecular complexity index is 1250. The molecule has 0 bridgehead atoms. The van der Waals surface area contributed by atoms with E-state index in [2.05, 4.69) is 13.5 Å². The zero-order chi connectivity index (χ0) is 32.1. The van der Waals surface area contributed by atoms with Gasteiger partial charge in [-0.05, 0) is 37.8 Å². The van der Waals surface area contributed by atoms with Gasteiger partial charge in [0.05, 0.1) is 18.1 Å². The normalized spacial score (nSPS) is 43.4. The third-order valence-electron chi connectivity index (χ3n) is 9.92. The first kappa shape index (κ1) is 33.2. The minimum Gasteiger partial charge on any atom is -0.459 e. The predicted molar refractivity (Wildman–Crippen MR) is 153 cm³/mol. The number of hydrogen-bond donors (Lipinski definition) is 5. The first-order valence-electron chi connectivity index (χ1n) is 14.8. The van der Waals surface area contributed by atoms with Gasteiger partial charge in [-0.25, -0.2) is 4.79 Å². The minimum atomic E-state index is -2.64. The van der Waals surface area contributed by atoms with Crippen molar-refractivity contribution >= 4 is 17.7 Å². The lowest BCUT2D eigenvalue weighted by Gasteiger charge is -2.59. The van der Waals surface area contributed by atoms with Gasteiger partial charge >= 0.3 is 11.9 Å². The average Bonchev–Trinajstić information content (AvgIpc) is 3.64. The van der Waals surface area contributed by atoms with Crippen molar-refractivity contribution in [1.82, 2.24) is 0 Å². The molecule has 2 saturated carbocycles. The largest absolute Gasteiger partial charge is 0.459 e. The maximum absolute atomic E-state index is 13.4. The number of aliphatic hydroxyl groups is 5. The van der Waals surface area contributed by atoms with Crippen LogP contribution in [0.15, 0.2) is 48.1 Å². The second kappa shape index (κ2) is 11.7. The summed E-state index contributed by atoms with van der Waals surface area (Å²) in [4.78, 5) is 38.9. The Balaban J connectivity index is 1.87. The maximum atomic E-state index is 13.4. The van der Waals surface area contributed by atoms with Crippen LogP contribution in [-0.4, -0.2) is 96.7 Å². The Morgan fingerprint density at radius 2 is 1.79 bits per heavy atom. The first-order chi connectivity index (χ1) is 20.1. The number of rotatable bonds is 10. The van der Waals surface area contributed by atoms with E-state index in [4.69, 9.17) is 14.2 Å². The van der Waals surface area contributed by atoms with Crippen LogP contribution in [0.5, 0.6) is 0 Å². The molecule has 1 heterocycles. The zero-order valence-corrected chi connectivity index (χ0v) is 25.4. The molecule has 0 unspecified atom stereocenters. The number of Topliss-reactive ketones (excluding diaryl/α,β-unsaturated/α-hetero) is 1. The summed E-state index contributed by atoms with van der Waals surface area (Å²) < 4.78 is 17.3.